The van der Waals surface area contributed by atoms with Gasteiger partial charge in [-0.05, 0) is 57.5 Å². The maximum atomic E-state index is 12.6. The average Bonchev–Trinajstić information content (AvgIpc) is 2.52. The van der Waals surface area contributed by atoms with Gasteiger partial charge in [0.2, 0.25) is 5.91 Å². The highest BCUT2D eigenvalue weighted by Gasteiger charge is 2.27. The Balaban J connectivity index is 1.85. The molecular formula is C19H27ClN2O. The number of likely N-dealkylation sites (tertiary alicyclic amines) is 1. The Morgan fingerprint density at radius 2 is 2.09 bits per heavy atom. The van der Waals surface area contributed by atoms with Crippen molar-refractivity contribution in [3.05, 3.63) is 47.0 Å². The molecule has 2 rings (SSSR count). The van der Waals surface area contributed by atoms with Crippen LogP contribution in [0.1, 0.15) is 32.3 Å². The van der Waals surface area contributed by atoms with E-state index in [0.29, 0.717) is 6.54 Å². The van der Waals surface area contributed by atoms with Gasteiger partial charge in [-0.15, -0.1) is 0 Å². The zero-order valence-electron chi connectivity index (χ0n) is 14.2. The molecular weight excluding hydrogens is 308 g/mol. The Morgan fingerprint density at radius 3 is 2.65 bits per heavy atom. The third-order valence-corrected chi connectivity index (χ3v) is 4.62. The predicted octanol–water partition coefficient (Wildman–Crippen LogP) is 3.98. The van der Waals surface area contributed by atoms with Gasteiger partial charge in [-0.2, -0.15) is 0 Å². The van der Waals surface area contributed by atoms with Gasteiger partial charge in [0.05, 0.1) is 0 Å². The van der Waals surface area contributed by atoms with E-state index in [1.165, 1.54) is 5.56 Å². The molecule has 4 heteroatoms. The zero-order valence-corrected chi connectivity index (χ0v) is 15.0. The minimum Gasteiger partial charge on any atom is -0.339 e. The molecule has 1 amide bonds. The minimum atomic E-state index is 0.157. The van der Waals surface area contributed by atoms with Gasteiger partial charge < -0.3 is 4.90 Å². The number of carbonyl (C=O) groups excluding carboxylic acids is 1. The van der Waals surface area contributed by atoms with Crippen molar-refractivity contribution in [3.8, 4) is 0 Å². The molecule has 0 saturated carbocycles. The molecule has 0 bridgehead atoms. The Hall–Kier alpha value is -1.32. The summed E-state index contributed by atoms with van der Waals surface area (Å²) in [6.45, 7) is 12.2. The molecule has 3 nitrogen and oxygen atoms in total. The maximum Gasteiger partial charge on any atom is 0.226 e. The molecule has 0 spiro atoms. The molecule has 126 valence electrons. The summed E-state index contributed by atoms with van der Waals surface area (Å²) in [5.74, 6) is 0.447. The lowest BCUT2D eigenvalue weighted by molar-refractivity contribution is -0.136. The van der Waals surface area contributed by atoms with E-state index in [0.717, 1.165) is 49.6 Å². The van der Waals surface area contributed by atoms with Gasteiger partial charge in [-0.1, -0.05) is 35.9 Å². The number of amides is 1. The number of carbonyl (C=O) groups is 1. The van der Waals surface area contributed by atoms with Crippen LogP contribution in [0.2, 0.25) is 5.02 Å². The van der Waals surface area contributed by atoms with Crippen LogP contribution < -0.4 is 0 Å². The molecule has 1 fully saturated rings. The van der Waals surface area contributed by atoms with Crippen LogP contribution in [-0.4, -0.2) is 41.9 Å². The molecule has 0 aliphatic carbocycles. The summed E-state index contributed by atoms with van der Waals surface area (Å²) in [6, 6.07) is 8.01. The minimum absolute atomic E-state index is 0.157. The molecule has 0 N–H and O–H groups in total. The molecule has 0 unspecified atom stereocenters. The van der Waals surface area contributed by atoms with Crippen LogP contribution in [0, 0.1) is 5.92 Å². The lowest BCUT2D eigenvalue weighted by atomic mass is 9.94. The summed E-state index contributed by atoms with van der Waals surface area (Å²) in [4.78, 5) is 17.0. The van der Waals surface area contributed by atoms with E-state index in [-0.39, 0.29) is 11.8 Å². The largest absolute Gasteiger partial charge is 0.339 e. The highest BCUT2D eigenvalue weighted by atomic mass is 35.5. The Morgan fingerprint density at radius 1 is 1.39 bits per heavy atom. The van der Waals surface area contributed by atoms with Gasteiger partial charge in [0, 0.05) is 30.6 Å². The van der Waals surface area contributed by atoms with E-state index in [1.54, 1.807) is 0 Å². The fraction of sp³-hybridized carbons (Fsp3) is 0.526. The van der Waals surface area contributed by atoms with Gasteiger partial charge in [-0.25, -0.2) is 0 Å². The number of benzene rings is 1. The highest BCUT2D eigenvalue weighted by molar-refractivity contribution is 6.30. The van der Waals surface area contributed by atoms with Crippen molar-refractivity contribution in [1.29, 1.82) is 0 Å². The van der Waals surface area contributed by atoms with Crippen LogP contribution in [0.25, 0.3) is 0 Å². The first-order valence-electron chi connectivity index (χ1n) is 8.39. The molecule has 0 atom stereocenters. The van der Waals surface area contributed by atoms with Crippen LogP contribution in [0.4, 0.5) is 0 Å². The molecule has 1 aromatic carbocycles. The summed E-state index contributed by atoms with van der Waals surface area (Å²) in [5.41, 5.74) is 2.28. The van der Waals surface area contributed by atoms with Crippen LogP contribution in [0.5, 0.6) is 0 Å². The van der Waals surface area contributed by atoms with Gasteiger partial charge in [0.15, 0.2) is 0 Å². The first kappa shape index (κ1) is 18.0. The molecule has 0 radical (unpaired) electrons. The SMILES string of the molecule is C=C(C)CN(CC)C(=O)C1CCN(Cc2cccc(Cl)c2)CC1. The molecule has 1 saturated heterocycles. The lowest BCUT2D eigenvalue weighted by Crippen LogP contribution is -2.42. The lowest BCUT2D eigenvalue weighted by Gasteiger charge is -2.34. The van der Waals surface area contributed by atoms with E-state index in [1.807, 2.05) is 36.9 Å². The number of rotatable bonds is 6. The smallest absolute Gasteiger partial charge is 0.226 e. The molecule has 1 aromatic rings. The summed E-state index contributed by atoms with van der Waals surface area (Å²) in [6.07, 6.45) is 1.87. The number of likely N-dealkylation sites (N-methyl/N-ethyl adjacent to an activating group) is 1. The van der Waals surface area contributed by atoms with Crippen LogP contribution >= 0.6 is 11.6 Å². The number of halogens is 1. The fourth-order valence-electron chi connectivity index (χ4n) is 3.16. The second kappa shape index (κ2) is 8.51. The van der Waals surface area contributed by atoms with Crippen LogP contribution in [0.15, 0.2) is 36.4 Å². The van der Waals surface area contributed by atoms with E-state index in [9.17, 15) is 4.79 Å². The molecule has 1 heterocycles. The van der Waals surface area contributed by atoms with Crippen LogP contribution in [-0.2, 0) is 11.3 Å². The maximum absolute atomic E-state index is 12.6. The molecule has 23 heavy (non-hydrogen) atoms. The van der Waals surface area contributed by atoms with Crippen LogP contribution in [0.3, 0.4) is 0 Å². The Kier molecular flexibility index (Phi) is 6.67. The topological polar surface area (TPSA) is 23.6 Å². The van der Waals surface area contributed by atoms with Crippen molar-refractivity contribution in [1.82, 2.24) is 9.80 Å². The summed E-state index contributed by atoms with van der Waals surface area (Å²) < 4.78 is 0. The van der Waals surface area contributed by atoms with Crippen molar-refractivity contribution < 1.29 is 4.79 Å². The predicted molar refractivity (Wildman–Crippen MR) is 96.5 cm³/mol. The second-order valence-electron chi connectivity index (χ2n) is 6.49. The van der Waals surface area contributed by atoms with E-state index >= 15 is 0 Å². The van der Waals surface area contributed by atoms with Gasteiger partial charge >= 0.3 is 0 Å². The standard InChI is InChI=1S/C19H27ClN2O/c1-4-22(13-15(2)3)19(23)17-8-10-21(11-9-17)14-16-6-5-7-18(20)12-16/h5-7,12,17H,2,4,8-11,13-14H2,1,3H3. The van der Waals surface area contributed by atoms with E-state index in [4.69, 9.17) is 11.6 Å². The van der Waals surface area contributed by atoms with Gasteiger partial charge in [0.1, 0.15) is 0 Å². The monoisotopic (exact) mass is 334 g/mol. The molecule has 0 aromatic heterocycles. The average molecular weight is 335 g/mol. The first-order valence-corrected chi connectivity index (χ1v) is 8.77. The van der Waals surface area contributed by atoms with Gasteiger partial charge in [0.25, 0.3) is 0 Å². The molecule has 1 aliphatic heterocycles. The summed E-state index contributed by atoms with van der Waals surface area (Å²) in [7, 11) is 0. The number of hydrogen-bond acceptors (Lipinski definition) is 2. The fourth-order valence-corrected chi connectivity index (χ4v) is 3.37. The van der Waals surface area contributed by atoms with E-state index in [2.05, 4.69) is 17.5 Å². The van der Waals surface area contributed by atoms with Gasteiger partial charge in [-0.3, -0.25) is 9.69 Å². The summed E-state index contributed by atoms with van der Waals surface area (Å²) in [5, 5.41) is 0.783. The quantitative estimate of drug-likeness (QED) is 0.735. The first-order chi connectivity index (χ1) is 11.0. The number of nitrogens with zero attached hydrogens (tertiary/aromatic N) is 2. The second-order valence-corrected chi connectivity index (χ2v) is 6.93. The highest BCUT2D eigenvalue weighted by Crippen LogP contribution is 2.22. The van der Waals surface area contributed by atoms with Crippen molar-refractivity contribution >= 4 is 17.5 Å². The normalized spacial score (nSPS) is 16.3. The van der Waals surface area contributed by atoms with Crippen molar-refractivity contribution in [2.24, 2.45) is 5.92 Å². The van der Waals surface area contributed by atoms with Crippen molar-refractivity contribution in [2.45, 2.75) is 33.2 Å². The number of piperidine rings is 1. The third kappa shape index (κ3) is 5.36. The Bertz CT molecular complexity index is 550. The van der Waals surface area contributed by atoms with E-state index < -0.39 is 0 Å². The number of hydrogen-bond donors (Lipinski definition) is 0. The molecule has 1 aliphatic rings. The summed E-state index contributed by atoms with van der Waals surface area (Å²) >= 11 is 6.04. The van der Waals surface area contributed by atoms with Crippen molar-refractivity contribution in [3.63, 3.8) is 0 Å². The van der Waals surface area contributed by atoms with Crippen molar-refractivity contribution in [2.75, 3.05) is 26.2 Å². The Labute approximate surface area is 144 Å². The zero-order chi connectivity index (χ0) is 16.8. The third-order valence-electron chi connectivity index (χ3n) is 4.39.